The van der Waals surface area contributed by atoms with Gasteiger partial charge in [0.15, 0.2) is 0 Å². The Balaban J connectivity index is 1.95. The van der Waals surface area contributed by atoms with Gasteiger partial charge in [0.2, 0.25) is 0 Å². The summed E-state index contributed by atoms with van der Waals surface area (Å²) in [7, 11) is 0. The van der Waals surface area contributed by atoms with Crippen molar-refractivity contribution in [3.63, 3.8) is 0 Å². The minimum absolute atomic E-state index is 0.274. The Kier molecular flexibility index (Phi) is 2.39. The molecule has 74 valence electrons. The van der Waals surface area contributed by atoms with Gasteiger partial charge < -0.3 is 10.5 Å². The van der Waals surface area contributed by atoms with E-state index in [1.54, 1.807) is 24.3 Å². The Bertz CT molecular complexity index is 345. The van der Waals surface area contributed by atoms with E-state index < -0.39 is 0 Å². The minimum atomic E-state index is -0.274. The molecule has 1 aliphatic carbocycles. The smallest absolute Gasteiger partial charge is 0.338 e. The molecule has 0 aliphatic heterocycles. The second-order valence-corrected chi connectivity index (χ2v) is 3.67. The molecular formula is C11H13NO2. The topological polar surface area (TPSA) is 52.3 Å². The Morgan fingerprint density at radius 2 is 2.29 bits per heavy atom. The second kappa shape index (κ2) is 3.70. The fourth-order valence-corrected chi connectivity index (χ4v) is 1.23. The third-order valence-electron chi connectivity index (χ3n) is 2.27. The summed E-state index contributed by atoms with van der Waals surface area (Å²) in [5, 5.41) is 0. The summed E-state index contributed by atoms with van der Waals surface area (Å²) in [6.45, 7) is 0.549. The van der Waals surface area contributed by atoms with Crippen LogP contribution in [0.5, 0.6) is 0 Å². The predicted octanol–water partition coefficient (Wildman–Crippen LogP) is 1.84. The van der Waals surface area contributed by atoms with Gasteiger partial charge in [-0.3, -0.25) is 0 Å². The molecule has 3 heteroatoms. The summed E-state index contributed by atoms with van der Waals surface area (Å²) in [5.41, 5.74) is 6.68. The molecule has 0 radical (unpaired) electrons. The van der Waals surface area contributed by atoms with E-state index in [9.17, 15) is 4.79 Å². The number of carbonyl (C=O) groups is 1. The van der Waals surface area contributed by atoms with Crippen LogP contribution in [0.15, 0.2) is 24.3 Å². The Morgan fingerprint density at radius 1 is 1.50 bits per heavy atom. The summed E-state index contributed by atoms with van der Waals surface area (Å²) < 4.78 is 5.11. The molecule has 2 rings (SSSR count). The molecule has 0 spiro atoms. The number of benzene rings is 1. The van der Waals surface area contributed by atoms with Crippen LogP contribution in [0.4, 0.5) is 5.69 Å². The zero-order chi connectivity index (χ0) is 9.97. The van der Waals surface area contributed by atoms with E-state index in [0.717, 1.165) is 0 Å². The normalized spacial score (nSPS) is 15.1. The lowest BCUT2D eigenvalue weighted by molar-refractivity contribution is 0.0486. The molecule has 0 saturated heterocycles. The van der Waals surface area contributed by atoms with Gasteiger partial charge in [-0.05, 0) is 37.0 Å². The third-order valence-corrected chi connectivity index (χ3v) is 2.27. The van der Waals surface area contributed by atoms with Gasteiger partial charge in [-0.25, -0.2) is 4.79 Å². The number of carbonyl (C=O) groups excluding carboxylic acids is 1. The molecule has 0 bridgehead atoms. The Labute approximate surface area is 82.9 Å². The van der Waals surface area contributed by atoms with Gasteiger partial charge in [0.1, 0.15) is 0 Å². The number of anilines is 1. The number of esters is 1. The lowest BCUT2D eigenvalue weighted by Crippen LogP contribution is -2.07. The van der Waals surface area contributed by atoms with Crippen LogP contribution in [0.2, 0.25) is 0 Å². The monoisotopic (exact) mass is 191 g/mol. The summed E-state index contributed by atoms with van der Waals surface area (Å²) in [6, 6.07) is 6.85. The molecule has 2 N–H and O–H groups in total. The van der Waals surface area contributed by atoms with Crippen LogP contribution >= 0.6 is 0 Å². The van der Waals surface area contributed by atoms with E-state index in [0.29, 0.717) is 23.8 Å². The van der Waals surface area contributed by atoms with E-state index in [-0.39, 0.29) is 5.97 Å². The predicted molar refractivity (Wildman–Crippen MR) is 53.9 cm³/mol. The first-order valence-corrected chi connectivity index (χ1v) is 4.78. The van der Waals surface area contributed by atoms with Crippen molar-refractivity contribution in [2.45, 2.75) is 12.8 Å². The van der Waals surface area contributed by atoms with Gasteiger partial charge >= 0.3 is 5.97 Å². The zero-order valence-electron chi connectivity index (χ0n) is 7.90. The van der Waals surface area contributed by atoms with Crippen molar-refractivity contribution in [1.29, 1.82) is 0 Å². The minimum Gasteiger partial charge on any atom is -0.462 e. The average molecular weight is 191 g/mol. The fraction of sp³-hybridized carbons (Fsp3) is 0.364. The molecule has 0 aromatic heterocycles. The van der Waals surface area contributed by atoms with E-state index >= 15 is 0 Å². The first-order chi connectivity index (χ1) is 6.75. The molecule has 1 saturated carbocycles. The van der Waals surface area contributed by atoms with Crippen LogP contribution in [-0.2, 0) is 4.74 Å². The van der Waals surface area contributed by atoms with Crippen molar-refractivity contribution in [3.8, 4) is 0 Å². The van der Waals surface area contributed by atoms with Gasteiger partial charge in [-0.1, -0.05) is 6.07 Å². The molecule has 0 amide bonds. The number of ether oxygens (including phenoxy) is 1. The van der Waals surface area contributed by atoms with Gasteiger partial charge in [0, 0.05) is 5.69 Å². The second-order valence-electron chi connectivity index (χ2n) is 3.67. The van der Waals surface area contributed by atoms with Gasteiger partial charge in [-0.2, -0.15) is 0 Å². The van der Waals surface area contributed by atoms with E-state index in [4.69, 9.17) is 10.5 Å². The van der Waals surface area contributed by atoms with Crippen molar-refractivity contribution >= 4 is 11.7 Å². The van der Waals surface area contributed by atoms with Crippen LogP contribution in [0.3, 0.4) is 0 Å². The number of nitrogens with two attached hydrogens (primary N) is 1. The maximum atomic E-state index is 11.5. The maximum Gasteiger partial charge on any atom is 0.338 e. The first-order valence-electron chi connectivity index (χ1n) is 4.78. The molecule has 0 unspecified atom stereocenters. The molecule has 1 aromatic rings. The lowest BCUT2D eigenvalue weighted by Gasteiger charge is -2.03. The number of rotatable bonds is 3. The van der Waals surface area contributed by atoms with Gasteiger partial charge in [0.05, 0.1) is 12.2 Å². The maximum absolute atomic E-state index is 11.5. The standard InChI is InChI=1S/C11H13NO2/c12-10-3-1-2-9(6-10)11(13)14-7-8-4-5-8/h1-3,6,8H,4-5,7,12H2. The van der Waals surface area contributed by atoms with Gasteiger partial charge in [0.25, 0.3) is 0 Å². The highest BCUT2D eigenvalue weighted by Gasteiger charge is 2.23. The summed E-state index contributed by atoms with van der Waals surface area (Å²) in [4.78, 5) is 11.5. The molecule has 0 heterocycles. The fourth-order valence-electron chi connectivity index (χ4n) is 1.23. The van der Waals surface area contributed by atoms with Crippen molar-refractivity contribution in [2.75, 3.05) is 12.3 Å². The van der Waals surface area contributed by atoms with Crippen LogP contribution in [0.25, 0.3) is 0 Å². The average Bonchev–Trinajstić information content (AvgIpc) is 2.97. The Morgan fingerprint density at radius 3 is 2.93 bits per heavy atom. The van der Waals surface area contributed by atoms with Crippen LogP contribution in [-0.4, -0.2) is 12.6 Å². The van der Waals surface area contributed by atoms with E-state index in [1.165, 1.54) is 12.8 Å². The van der Waals surface area contributed by atoms with Crippen LogP contribution < -0.4 is 5.73 Å². The molecular weight excluding hydrogens is 178 g/mol. The van der Waals surface area contributed by atoms with Crippen LogP contribution in [0, 0.1) is 5.92 Å². The highest BCUT2D eigenvalue weighted by atomic mass is 16.5. The molecule has 1 aliphatic rings. The molecule has 1 fully saturated rings. The SMILES string of the molecule is Nc1cccc(C(=O)OCC2CC2)c1. The number of hydrogen-bond acceptors (Lipinski definition) is 3. The van der Waals surface area contributed by atoms with Crippen molar-refractivity contribution in [2.24, 2.45) is 5.92 Å². The summed E-state index contributed by atoms with van der Waals surface area (Å²) in [5.74, 6) is 0.323. The largest absolute Gasteiger partial charge is 0.462 e. The molecule has 14 heavy (non-hydrogen) atoms. The van der Waals surface area contributed by atoms with Gasteiger partial charge in [-0.15, -0.1) is 0 Å². The first kappa shape index (κ1) is 9.06. The molecule has 1 aromatic carbocycles. The molecule has 0 atom stereocenters. The van der Waals surface area contributed by atoms with E-state index in [1.807, 2.05) is 0 Å². The highest BCUT2D eigenvalue weighted by molar-refractivity contribution is 5.90. The van der Waals surface area contributed by atoms with Crippen LogP contribution in [0.1, 0.15) is 23.2 Å². The number of hydrogen-bond donors (Lipinski definition) is 1. The quantitative estimate of drug-likeness (QED) is 0.585. The van der Waals surface area contributed by atoms with Crippen molar-refractivity contribution < 1.29 is 9.53 Å². The zero-order valence-corrected chi connectivity index (χ0v) is 7.90. The third kappa shape index (κ3) is 2.25. The number of nitrogen functional groups attached to an aromatic ring is 1. The Hall–Kier alpha value is -1.51. The highest BCUT2D eigenvalue weighted by Crippen LogP contribution is 2.29. The lowest BCUT2D eigenvalue weighted by atomic mass is 10.2. The summed E-state index contributed by atoms with van der Waals surface area (Å²) in [6.07, 6.45) is 2.37. The summed E-state index contributed by atoms with van der Waals surface area (Å²) >= 11 is 0. The van der Waals surface area contributed by atoms with Crippen molar-refractivity contribution in [3.05, 3.63) is 29.8 Å². The van der Waals surface area contributed by atoms with Crippen molar-refractivity contribution in [1.82, 2.24) is 0 Å². The molecule has 3 nitrogen and oxygen atoms in total. The van der Waals surface area contributed by atoms with E-state index in [2.05, 4.69) is 0 Å².